The summed E-state index contributed by atoms with van der Waals surface area (Å²) in [5.74, 6) is -0.208. The van der Waals surface area contributed by atoms with Crippen LogP contribution < -0.4 is 10.2 Å². The Balaban J connectivity index is 1.98. The van der Waals surface area contributed by atoms with Crippen molar-refractivity contribution in [2.75, 3.05) is 23.3 Å². The number of rotatable bonds is 3. The van der Waals surface area contributed by atoms with Crippen molar-refractivity contribution in [3.8, 4) is 0 Å². The van der Waals surface area contributed by atoms with Gasteiger partial charge in [0.1, 0.15) is 11.3 Å². The summed E-state index contributed by atoms with van der Waals surface area (Å²) in [6.45, 7) is 4.69. The van der Waals surface area contributed by atoms with Crippen LogP contribution in [0.4, 0.5) is 24.5 Å². The Bertz CT molecular complexity index is 773. The van der Waals surface area contributed by atoms with Gasteiger partial charge in [0, 0.05) is 13.1 Å². The van der Waals surface area contributed by atoms with Crippen LogP contribution in [0.25, 0.3) is 0 Å². The van der Waals surface area contributed by atoms with Crippen molar-refractivity contribution >= 4 is 17.3 Å². The van der Waals surface area contributed by atoms with Crippen LogP contribution in [0.1, 0.15) is 40.2 Å². The normalized spacial score (nSPS) is 14.8. The quantitative estimate of drug-likeness (QED) is 0.900. The molecular weight excluding hydrogens is 335 g/mol. The van der Waals surface area contributed by atoms with Gasteiger partial charge in [-0.3, -0.25) is 4.79 Å². The molecule has 0 spiro atoms. The third kappa shape index (κ3) is 3.47. The zero-order chi connectivity index (χ0) is 18.2. The van der Waals surface area contributed by atoms with Crippen LogP contribution in [0.3, 0.4) is 0 Å². The molecule has 1 aromatic heterocycles. The highest BCUT2D eigenvalue weighted by Gasteiger charge is 2.32. The maximum atomic E-state index is 13.1. The first-order chi connectivity index (χ1) is 11.8. The van der Waals surface area contributed by atoms with Gasteiger partial charge in [-0.1, -0.05) is 5.16 Å². The van der Waals surface area contributed by atoms with E-state index in [1.807, 2.05) is 4.90 Å². The second kappa shape index (κ2) is 6.42. The van der Waals surface area contributed by atoms with Crippen LogP contribution in [0.5, 0.6) is 0 Å². The zero-order valence-corrected chi connectivity index (χ0v) is 13.9. The molecule has 1 amide bonds. The lowest BCUT2D eigenvalue weighted by Crippen LogP contribution is -2.22. The molecule has 0 saturated carbocycles. The molecule has 0 atom stereocenters. The summed E-state index contributed by atoms with van der Waals surface area (Å²) >= 11 is 0. The van der Waals surface area contributed by atoms with E-state index in [4.69, 9.17) is 4.52 Å². The molecule has 2 heterocycles. The molecular formula is C17H18F3N3O2. The van der Waals surface area contributed by atoms with Crippen LogP contribution in [0.2, 0.25) is 0 Å². The molecule has 0 radical (unpaired) electrons. The molecule has 0 unspecified atom stereocenters. The Morgan fingerprint density at radius 2 is 1.92 bits per heavy atom. The predicted octanol–water partition coefficient (Wildman–Crippen LogP) is 4.16. The van der Waals surface area contributed by atoms with E-state index in [0.29, 0.717) is 17.1 Å². The van der Waals surface area contributed by atoms with E-state index in [0.717, 1.165) is 38.1 Å². The number of hydrogen-bond acceptors (Lipinski definition) is 4. The molecule has 1 aliphatic heterocycles. The Morgan fingerprint density at radius 3 is 2.48 bits per heavy atom. The second-order valence-electron chi connectivity index (χ2n) is 6.08. The highest BCUT2D eigenvalue weighted by atomic mass is 19.4. The molecule has 1 N–H and O–H groups in total. The van der Waals surface area contributed by atoms with Gasteiger partial charge in [0.05, 0.1) is 22.6 Å². The maximum absolute atomic E-state index is 13.1. The highest BCUT2D eigenvalue weighted by molar-refractivity contribution is 6.07. The number of halogens is 3. The molecule has 0 bridgehead atoms. The van der Waals surface area contributed by atoms with Crippen molar-refractivity contribution in [3.05, 3.63) is 40.8 Å². The van der Waals surface area contributed by atoms with Crippen LogP contribution >= 0.6 is 0 Å². The summed E-state index contributed by atoms with van der Waals surface area (Å²) in [5, 5.41) is 6.31. The first-order valence-electron chi connectivity index (χ1n) is 7.98. The van der Waals surface area contributed by atoms with Gasteiger partial charge in [0.25, 0.3) is 5.91 Å². The lowest BCUT2D eigenvalue weighted by Gasteiger charge is -2.23. The van der Waals surface area contributed by atoms with E-state index in [1.54, 1.807) is 13.8 Å². The van der Waals surface area contributed by atoms with E-state index < -0.39 is 17.6 Å². The van der Waals surface area contributed by atoms with Gasteiger partial charge in [0.15, 0.2) is 0 Å². The Labute approximate surface area is 142 Å². The highest BCUT2D eigenvalue weighted by Crippen LogP contribution is 2.36. The third-order valence-corrected chi connectivity index (χ3v) is 4.28. The molecule has 1 fully saturated rings. The first kappa shape index (κ1) is 17.3. The average molecular weight is 353 g/mol. The fourth-order valence-corrected chi connectivity index (χ4v) is 3.04. The number of hydrogen-bond donors (Lipinski definition) is 1. The molecule has 25 heavy (non-hydrogen) atoms. The summed E-state index contributed by atoms with van der Waals surface area (Å²) in [6, 6.07) is 3.43. The zero-order valence-electron chi connectivity index (χ0n) is 13.9. The number of aryl methyl sites for hydroxylation is 2. The lowest BCUT2D eigenvalue weighted by molar-refractivity contribution is -0.137. The molecule has 8 heteroatoms. The molecule has 1 saturated heterocycles. The molecule has 3 rings (SSSR count). The Kier molecular flexibility index (Phi) is 4.45. The van der Waals surface area contributed by atoms with Crippen molar-refractivity contribution in [3.63, 3.8) is 0 Å². The lowest BCUT2D eigenvalue weighted by atomic mass is 10.1. The van der Waals surface area contributed by atoms with E-state index in [-0.39, 0.29) is 11.3 Å². The summed E-state index contributed by atoms with van der Waals surface area (Å²) in [7, 11) is 0. The SMILES string of the molecule is Cc1noc(C)c1C(=O)Nc1cc(C(F)(F)F)ccc1N1CCCC1. The van der Waals surface area contributed by atoms with Crippen LogP contribution in [0.15, 0.2) is 22.7 Å². The summed E-state index contributed by atoms with van der Waals surface area (Å²) < 4.78 is 44.2. The molecule has 1 aromatic carbocycles. The standard InChI is InChI=1S/C17H18F3N3O2/c1-10-15(11(2)25-22-10)16(24)21-13-9-12(17(18,19)20)5-6-14(13)23-7-3-4-8-23/h5-6,9H,3-4,7-8H2,1-2H3,(H,21,24). The number of carbonyl (C=O) groups excluding carboxylic acids is 1. The van der Waals surface area contributed by atoms with Gasteiger partial charge in [-0.2, -0.15) is 13.2 Å². The molecule has 2 aromatic rings. The van der Waals surface area contributed by atoms with Crippen molar-refractivity contribution in [1.82, 2.24) is 5.16 Å². The topological polar surface area (TPSA) is 58.4 Å². The van der Waals surface area contributed by atoms with Crippen molar-refractivity contribution < 1.29 is 22.5 Å². The average Bonchev–Trinajstić information content (AvgIpc) is 3.16. The van der Waals surface area contributed by atoms with Gasteiger partial charge in [-0.25, -0.2) is 0 Å². The second-order valence-corrected chi connectivity index (χ2v) is 6.08. The molecule has 0 aliphatic carbocycles. The van der Waals surface area contributed by atoms with Gasteiger partial charge in [0.2, 0.25) is 0 Å². The smallest absolute Gasteiger partial charge is 0.370 e. The number of nitrogens with zero attached hydrogens (tertiary/aromatic N) is 2. The molecule has 1 aliphatic rings. The van der Waals surface area contributed by atoms with E-state index in [9.17, 15) is 18.0 Å². The van der Waals surface area contributed by atoms with E-state index >= 15 is 0 Å². The summed E-state index contributed by atoms with van der Waals surface area (Å²) in [6.07, 6.45) is -2.54. The third-order valence-electron chi connectivity index (χ3n) is 4.28. The number of amides is 1. The van der Waals surface area contributed by atoms with Crippen molar-refractivity contribution in [2.45, 2.75) is 32.9 Å². The number of carbonyl (C=O) groups is 1. The van der Waals surface area contributed by atoms with Crippen molar-refractivity contribution in [2.24, 2.45) is 0 Å². The number of anilines is 2. The fourth-order valence-electron chi connectivity index (χ4n) is 3.04. The first-order valence-corrected chi connectivity index (χ1v) is 7.98. The summed E-state index contributed by atoms with van der Waals surface area (Å²) in [4.78, 5) is 14.5. The van der Waals surface area contributed by atoms with Gasteiger partial charge < -0.3 is 14.7 Å². The number of nitrogens with one attached hydrogen (secondary N) is 1. The fraction of sp³-hybridized carbons (Fsp3) is 0.412. The summed E-state index contributed by atoms with van der Waals surface area (Å²) in [5.41, 5.74) is 0.561. The van der Waals surface area contributed by atoms with Gasteiger partial charge in [-0.15, -0.1) is 0 Å². The molecule has 134 valence electrons. The maximum Gasteiger partial charge on any atom is 0.416 e. The predicted molar refractivity (Wildman–Crippen MR) is 86.8 cm³/mol. The van der Waals surface area contributed by atoms with Gasteiger partial charge in [-0.05, 0) is 44.9 Å². The van der Waals surface area contributed by atoms with Crippen molar-refractivity contribution in [1.29, 1.82) is 0 Å². The van der Waals surface area contributed by atoms with E-state index in [2.05, 4.69) is 10.5 Å². The Hall–Kier alpha value is -2.51. The Morgan fingerprint density at radius 1 is 1.24 bits per heavy atom. The van der Waals surface area contributed by atoms with Crippen LogP contribution in [0, 0.1) is 13.8 Å². The monoisotopic (exact) mass is 353 g/mol. The molecule has 5 nitrogen and oxygen atoms in total. The largest absolute Gasteiger partial charge is 0.416 e. The minimum absolute atomic E-state index is 0.140. The minimum atomic E-state index is -4.48. The van der Waals surface area contributed by atoms with Gasteiger partial charge >= 0.3 is 6.18 Å². The van der Waals surface area contributed by atoms with E-state index in [1.165, 1.54) is 6.07 Å². The number of alkyl halides is 3. The van der Waals surface area contributed by atoms with Crippen LogP contribution in [-0.4, -0.2) is 24.2 Å². The number of benzene rings is 1. The van der Waals surface area contributed by atoms with Crippen LogP contribution in [-0.2, 0) is 6.18 Å². The minimum Gasteiger partial charge on any atom is -0.370 e. The number of aromatic nitrogens is 1.